The number of aromatic nitrogens is 2. The lowest BCUT2D eigenvalue weighted by molar-refractivity contribution is 0.0689. The van der Waals surface area contributed by atoms with Gasteiger partial charge in [0.1, 0.15) is 11.4 Å². The number of rotatable bonds is 1. The van der Waals surface area contributed by atoms with Gasteiger partial charge < -0.3 is 10.2 Å². The summed E-state index contributed by atoms with van der Waals surface area (Å²) in [7, 11) is 0. The largest absolute Gasteiger partial charge is 0.507 e. The normalized spacial score (nSPS) is 11.1. The van der Waals surface area contributed by atoms with Gasteiger partial charge in [0.05, 0.1) is 11.6 Å². The van der Waals surface area contributed by atoms with E-state index in [4.69, 9.17) is 5.11 Å². The minimum Gasteiger partial charge on any atom is -0.507 e. The Labute approximate surface area is 95.6 Å². The van der Waals surface area contributed by atoms with E-state index in [9.17, 15) is 9.90 Å². The third-order valence-corrected chi connectivity index (χ3v) is 2.72. The van der Waals surface area contributed by atoms with Crippen LogP contribution < -0.4 is 0 Å². The number of hydrogen-bond donors (Lipinski definition) is 2. The summed E-state index contributed by atoms with van der Waals surface area (Å²) in [5.74, 6) is -0.956. The average molecular weight is 228 g/mol. The van der Waals surface area contributed by atoms with Gasteiger partial charge in [-0.25, -0.2) is 9.78 Å². The van der Waals surface area contributed by atoms with Crippen LogP contribution in [0.5, 0.6) is 5.75 Å². The van der Waals surface area contributed by atoms with Crippen LogP contribution in [-0.2, 0) is 0 Å². The predicted octanol–water partition coefficient (Wildman–Crippen LogP) is 1.89. The van der Waals surface area contributed by atoms with Gasteiger partial charge in [0.2, 0.25) is 0 Å². The second kappa shape index (κ2) is 3.21. The molecule has 0 atom stereocenters. The molecule has 5 heteroatoms. The molecule has 84 valence electrons. The first-order chi connectivity index (χ1) is 8.18. The molecule has 0 aliphatic rings. The summed E-state index contributed by atoms with van der Waals surface area (Å²) >= 11 is 0. The number of aromatic carboxylic acids is 1. The number of phenolic OH excluding ortho intramolecular Hbond substituents is 1. The van der Waals surface area contributed by atoms with Crippen LogP contribution in [0.3, 0.4) is 0 Å². The number of fused-ring (bicyclic) bond motifs is 3. The van der Waals surface area contributed by atoms with Crippen LogP contribution in [0.4, 0.5) is 0 Å². The Morgan fingerprint density at radius 2 is 2.12 bits per heavy atom. The lowest BCUT2D eigenvalue weighted by Gasteiger charge is -2.03. The van der Waals surface area contributed by atoms with Crippen LogP contribution in [0.15, 0.2) is 36.7 Å². The lowest BCUT2D eigenvalue weighted by Crippen LogP contribution is -2.01. The molecule has 5 nitrogen and oxygen atoms in total. The third kappa shape index (κ3) is 1.25. The third-order valence-electron chi connectivity index (χ3n) is 2.72. The summed E-state index contributed by atoms with van der Waals surface area (Å²) in [6.07, 6.45) is 2.91. The lowest BCUT2D eigenvalue weighted by atomic mass is 10.1. The Bertz CT molecular complexity index is 746. The highest BCUT2D eigenvalue weighted by Crippen LogP contribution is 2.28. The van der Waals surface area contributed by atoms with Crippen molar-refractivity contribution in [1.29, 1.82) is 0 Å². The number of hydrogen-bond acceptors (Lipinski definition) is 3. The van der Waals surface area contributed by atoms with E-state index in [-0.39, 0.29) is 11.4 Å². The van der Waals surface area contributed by atoms with E-state index in [1.807, 2.05) is 6.07 Å². The first-order valence-electron chi connectivity index (χ1n) is 4.99. The molecular weight excluding hydrogens is 220 g/mol. The Morgan fingerprint density at radius 1 is 1.29 bits per heavy atom. The van der Waals surface area contributed by atoms with Gasteiger partial charge in [-0.05, 0) is 17.5 Å². The predicted molar refractivity (Wildman–Crippen MR) is 61.3 cm³/mol. The minimum absolute atomic E-state index is 0.0742. The van der Waals surface area contributed by atoms with Crippen LogP contribution in [-0.4, -0.2) is 25.6 Å². The van der Waals surface area contributed by atoms with Gasteiger partial charge in [-0.2, -0.15) is 0 Å². The van der Waals surface area contributed by atoms with Gasteiger partial charge in [-0.15, -0.1) is 0 Å². The fourth-order valence-corrected chi connectivity index (χ4v) is 1.95. The molecule has 0 amide bonds. The van der Waals surface area contributed by atoms with E-state index in [1.165, 1.54) is 10.6 Å². The quantitative estimate of drug-likeness (QED) is 0.667. The summed E-state index contributed by atoms with van der Waals surface area (Å²) in [4.78, 5) is 15.0. The van der Waals surface area contributed by atoms with Gasteiger partial charge in [-0.1, -0.05) is 12.1 Å². The van der Waals surface area contributed by atoms with Crippen molar-refractivity contribution in [2.24, 2.45) is 0 Å². The molecule has 2 N–H and O–H groups in total. The summed E-state index contributed by atoms with van der Waals surface area (Å²) < 4.78 is 1.45. The number of aromatic hydroxyl groups is 1. The maximum atomic E-state index is 11.0. The summed E-state index contributed by atoms with van der Waals surface area (Å²) in [5, 5.41) is 20.2. The molecule has 0 bridgehead atoms. The molecule has 1 aromatic carbocycles. The molecule has 0 saturated heterocycles. The summed E-state index contributed by atoms with van der Waals surface area (Å²) in [6, 6.07) is 6.87. The number of carboxylic acids is 1. The van der Waals surface area contributed by atoms with Crippen molar-refractivity contribution in [2.75, 3.05) is 0 Å². The van der Waals surface area contributed by atoms with Crippen molar-refractivity contribution in [2.45, 2.75) is 0 Å². The fourth-order valence-electron chi connectivity index (χ4n) is 1.95. The van der Waals surface area contributed by atoms with Crippen LogP contribution in [0.2, 0.25) is 0 Å². The number of benzene rings is 1. The highest BCUT2D eigenvalue weighted by atomic mass is 16.4. The van der Waals surface area contributed by atoms with Crippen LogP contribution in [0.25, 0.3) is 16.4 Å². The number of carboxylic acid groups (broad SMARTS) is 1. The van der Waals surface area contributed by atoms with Crippen molar-refractivity contribution in [3.8, 4) is 5.75 Å². The maximum absolute atomic E-state index is 11.0. The molecular formula is C12H8N2O3. The van der Waals surface area contributed by atoms with Gasteiger partial charge in [0, 0.05) is 6.20 Å². The first kappa shape index (κ1) is 9.65. The van der Waals surface area contributed by atoms with E-state index >= 15 is 0 Å². The smallest absolute Gasteiger partial charge is 0.354 e. The van der Waals surface area contributed by atoms with Gasteiger partial charge in [0.15, 0.2) is 5.69 Å². The number of phenols is 1. The topological polar surface area (TPSA) is 74.8 Å². The number of nitrogens with zero attached hydrogens (tertiary/aromatic N) is 2. The molecule has 0 unspecified atom stereocenters. The van der Waals surface area contributed by atoms with Gasteiger partial charge in [0.25, 0.3) is 0 Å². The molecule has 0 aliphatic carbocycles. The summed E-state index contributed by atoms with van der Waals surface area (Å²) in [5.41, 5.74) is 0.517. The number of carbonyl (C=O) groups is 1. The van der Waals surface area contributed by atoms with Crippen molar-refractivity contribution >= 4 is 22.4 Å². The van der Waals surface area contributed by atoms with E-state index < -0.39 is 5.97 Å². The maximum Gasteiger partial charge on any atom is 0.354 e. The minimum atomic E-state index is -1.05. The molecule has 0 aliphatic heterocycles. The van der Waals surface area contributed by atoms with Crippen molar-refractivity contribution in [3.63, 3.8) is 0 Å². The zero-order valence-corrected chi connectivity index (χ0v) is 8.66. The monoisotopic (exact) mass is 228 g/mol. The molecule has 2 aromatic heterocycles. The Balaban J connectivity index is 2.53. The zero-order chi connectivity index (χ0) is 12.0. The van der Waals surface area contributed by atoms with Gasteiger partial charge >= 0.3 is 5.97 Å². The molecule has 0 radical (unpaired) electrons. The Hall–Kier alpha value is -2.56. The van der Waals surface area contributed by atoms with E-state index in [0.29, 0.717) is 11.0 Å². The van der Waals surface area contributed by atoms with Gasteiger partial charge in [-0.3, -0.25) is 4.40 Å². The molecule has 0 spiro atoms. The van der Waals surface area contributed by atoms with E-state index in [1.54, 1.807) is 24.4 Å². The summed E-state index contributed by atoms with van der Waals surface area (Å²) in [6.45, 7) is 0. The van der Waals surface area contributed by atoms with E-state index in [2.05, 4.69) is 4.98 Å². The van der Waals surface area contributed by atoms with Crippen molar-refractivity contribution in [3.05, 3.63) is 42.4 Å². The highest BCUT2D eigenvalue weighted by molar-refractivity contribution is 6.00. The molecule has 3 aromatic rings. The molecule has 0 fully saturated rings. The van der Waals surface area contributed by atoms with E-state index in [0.717, 1.165) is 5.39 Å². The first-order valence-corrected chi connectivity index (χ1v) is 4.99. The van der Waals surface area contributed by atoms with Crippen molar-refractivity contribution in [1.82, 2.24) is 9.38 Å². The number of imidazole rings is 1. The molecule has 17 heavy (non-hydrogen) atoms. The zero-order valence-electron chi connectivity index (χ0n) is 8.66. The Morgan fingerprint density at radius 3 is 2.88 bits per heavy atom. The van der Waals surface area contributed by atoms with Crippen LogP contribution >= 0.6 is 0 Å². The van der Waals surface area contributed by atoms with Crippen LogP contribution in [0, 0.1) is 0 Å². The second-order valence-corrected chi connectivity index (χ2v) is 3.70. The SMILES string of the molecule is O=C(O)c1cnc2c3c(O)cccc3ccn12. The number of pyridine rings is 1. The standard InChI is InChI=1S/C12H8N2O3/c15-9-3-1-2-7-4-5-14-8(12(16)17)6-13-11(14)10(7)9/h1-6,15H,(H,16,17). The second-order valence-electron chi connectivity index (χ2n) is 3.70. The fraction of sp³-hybridized carbons (Fsp3) is 0. The molecule has 3 rings (SSSR count). The average Bonchev–Trinajstić information content (AvgIpc) is 2.72. The molecule has 0 saturated carbocycles. The van der Waals surface area contributed by atoms with Crippen molar-refractivity contribution < 1.29 is 15.0 Å². The Kier molecular flexibility index (Phi) is 1.82. The highest BCUT2D eigenvalue weighted by Gasteiger charge is 2.13. The molecule has 2 heterocycles. The van der Waals surface area contributed by atoms with Crippen LogP contribution in [0.1, 0.15) is 10.5 Å².